The van der Waals surface area contributed by atoms with Crippen molar-refractivity contribution in [2.24, 2.45) is 5.41 Å². The second-order valence-electron chi connectivity index (χ2n) is 6.06. The van der Waals surface area contributed by atoms with E-state index in [1.54, 1.807) is 0 Å². The first-order valence-electron chi connectivity index (χ1n) is 6.77. The number of aliphatic carboxylic acids is 1. The van der Waals surface area contributed by atoms with Crippen LogP contribution in [0.25, 0.3) is 0 Å². The summed E-state index contributed by atoms with van der Waals surface area (Å²) in [5, 5.41) is 17.9. The molecule has 0 bridgehead atoms. The largest absolute Gasteiger partial charge is 0.481 e. The number of aromatic nitrogens is 2. The van der Waals surface area contributed by atoms with Gasteiger partial charge in [-0.3, -0.25) is 4.79 Å². The van der Waals surface area contributed by atoms with Gasteiger partial charge in [0.1, 0.15) is 0 Å². The summed E-state index contributed by atoms with van der Waals surface area (Å²) in [5.41, 5.74) is -0.0714. The normalized spacial score (nSPS) is 12.7. The molecule has 2 amide bonds. The van der Waals surface area contributed by atoms with Crippen LogP contribution in [0, 0.1) is 5.41 Å². The number of urea groups is 1. The molecule has 0 saturated heterocycles. The van der Waals surface area contributed by atoms with Crippen LogP contribution in [0.2, 0.25) is 0 Å². The number of nitrogens with zero attached hydrogens (tertiary/aromatic N) is 2. The van der Waals surface area contributed by atoms with E-state index in [0.717, 1.165) is 0 Å². The summed E-state index contributed by atoms with van der Waals surface area (Å²) < 4.78 is 4.58. The molecule has 1 atom stereocenters. The zero-order chi connectivity index (χ0) is 15.9. The van der Waals surface area contributed by atoms with E-state index in [0.29, 0.717) is 25.2 Å². The number of carbonyl (C=O) groups is 2. The Hall–Kier alpha value is -2.12. The minimum absolute atomic E-state index is 0.0714. The molecule has 3 N–H and O–H groups in total. The van der Waals surface area contributed by atoms with Crippen LogP contribution in [-0.4, -0.2) is 39.8 Å². The van der Waals surface area contributed by atoms with Crippen molar-refractivity contribution in [2.45, 2.75) is 46.1 Å². The smallest absolute Gasteiger partial charge is 0.315 e. The third-order valence-electron chi connectivity index (χ3n) is 2.66. The molecule has 0 radical (unpaired) electrons. The van der Waals surface area contributed by atoms with Gasteiger partial charge in [-0.05, 0) is 11.8 Å². The van der Waals surface area contributed by atoms with Crippen LogP contribution in [0.1, 0.15) is 39.4 Å². The molecule has 118 valence electrons. The van der Waals surface area contributed by atoms with Gasteiger partial charge in [-0.1, -0.05) is 25.9 Å². The van der Waals surface area contributed by atoms with Gasteiger partial charge in [-0.2, -0.15) is 4.98 Å². The molecule has 0 aliphatic rings. The molecule has 21 heavy (non-hydrogen) atoms. The Morgan fingerprint density at radius 1 is 1.43 bits per heavy atom. The van der Waals surface area contributed by atoms with E-state index in [1.807, 2.05) is 20.8 Å². The van der Waals surface area contributed by atoms with Crippen molar-refractivity contribution in [2.75, 3.05) is 6.54 Å². The molecule has 0 fully saturated rings. The van der Waals surface area contributed by atoms with E-state index in [1.165, 1.54) is 6.39 Å². The maximum Gasteiger partial charge on any atom is 0.315 e. The van der Waals surface area contributed by atoms with Gasteiger partial charge in [-0.25, -0.2) is 4.79 Å². The Morgan fingerprint density at radius 2 is 2.14 bits per heavy atom. The minimum atomic E-state index is -0.934. The number of hydrogen-bond acceptors (Lipinski definition) is 5. The molecule has 0 aliphatic heterocycles. The number of amides is 2. The van der Waals surface area contributed by atoms with Crippen molar-refractivity contribution in [1.82, 2.24) is 20.8 Å². The molecule has 1 aromatic rings. The zero-order valence-corrected chi connectivity index (χ0v) is 12.5. The Kier molecular flexibility index (Phi) is 6.13. The van der Waals surface area contributed by atoms with E-state index in [4.69, 9.17) is 5.11 Å². The van der Waals surface area contributed by atoms with E-state index in [-0.39, 0.29) is 11.8 Å². The van der Waals surface area contributed by atoms with Gasteiger partial charge in [0.15, 0.2) is 5.82 Å². The lowest BCUT2D eigenvalue weighted by atomic mass is 9.87. The summed E-state index contributed by atoms with van der Waals surface area (Å²) in [6.07, 6.45) is 2.15. The zero-order valence-electron chi connectivity index (χ0n) is 12.5. The van der Waals surface area contributed by atoms with E-state index in [9.17, 15) is 9.59 Å². The highest BCUT2D eigenvalue weighted by atomic mass is 16.5. The van der Waals surface area contributed by atoms with Gasteiger partial charge in [-0.15, -0.1) is 0 Å². The van der Waals surface area contributed by atoms with Crippen LogP contribution < -0.4 is 10.6 Å². The van der Waals surface area contributed by atoms with Crippen molar-refractivity contribution in [3.8, 4) is 0 Å². The van der Waals surface area contributed by atoms with Gasteiger partial charge < -0.3 is 20.3 Å². The third kappa shape index (κ3) is 7.91. The quantitative estimate of drug-likeness (QED) is 0.696. The first-order valence-corrected chi connectivity index (χ1v) is 6.77. The maximum atomic E-state index is 11.8. The monoisotopic (exact) mass is 298 g/mol. The Morgan fingerprint density at radius 3 is 2.67 bits per heavy atom. The highest BCUT2D eigenvalue weighted by molar-refractivity contribution is 5.75. The summed E-state index contributed by atoms with van der Waals surface area (Å²) in [6.45, 7) is 6.34. The predicted molar refractivity (Wildman–Crippen MR) is 74.6 cm³/mol. The van der Waals surface area contributed by atoms with E-state index < -0.39 is 18.0 Å². The van der Waals surface area contributed by atoms with Crippen molar-refractivity contribution in [1.29, 1.82) is 0 Å². The summed E-state index contributed by atoms with van der Waals surface area (Å²) in [7, 11) is 0. The first-order chi connectivity index (χ1) is 9.76. The van der Waals surface area contributed by atoms with Crippen molar-refractivity contribution in [3.05, 3.63) is 12.2 Å². The lowest BCUT2D eigenvalue weighted by Gasteiger charge is -2.25. The van der Waals surface area contributed by atoms with Crippen LogP contribution in [0.5, 0.6) is 0 Å². The average Bonchev–Trinajstić information content (AvgIpc) is 2.78. The summed E-state index contributed by atoms with van der Waals surface area (Å²) >= 11 is 0. The summed E-state index contributed by atoms with van der Waals surface area (Å²) in [6, 6.07) is -0.804. The standard InChI is InChI=1S/C13H22N4O4/c1-13(2,3)7-9(6-11(18)19)16-12(20)14-5-4-10-15-8-21-17-10/h8-9H,4-7H2,1-3H3,(H,18,19)(H2,14,16,20). The molecular formula is C13H22N4O4. The first kappa shape index (κ1) is 16.9. The highest BCUT2D eigenvalue weighted by Gasteiger charge is 2.22. The van der Waals surface area contributed by atoms with Crippen LogP contribution in [0.15, 0.2) is 10.9 Å². The number of carboxylic acid groups (broad SMARTS) is 1. The van der Waals surface area contributed by atoms with Crippen LogP contribution >= 0.6 is 0 Å². The fraction of sp³-hybridized carbons (Fsp3) is 0.692. The highest BCUT2D eigenvalue weighted by Crippen LogP contribution is 2.22. The molecule has 0 aliphatic carbocycles. The van der Waals surface area contributed by atoms with Gasteiger partial charge in [0.2, 0.25) is 6.39 Å². The molecule has 8 nitrogen and oxygen atoms in total. The molecule has 1 heterocycles. The molecule has 0 aromatic carbocycles. The second-order valence-corrected chi connectivity index (χ2v) is 6.06. The molecule has 1 rings (SSSR count). The Bertz CT molecular complexity index is 453. The molecular weight excluding hydrogens is 276 g/mol. The van der Waals surface area contributed by atoms with Crippen LogP contribution in [-0.2, 0) is 11.2 Å². The van der Waals surface area contributed by atoms with Gasteiger partial charge in [0.25, 0.3) is 0 Å². The molecule has 1 unspecified atom stereocenters. The number of hydrogen-bond donors (Lipinski definition) is 3. The fourth-order valence-electron chi connectivity index (χ4n) is 1.95. The topological polar surface area (TPSA) is 117 Å². The fourth-order valence-corrected chi connectivity index (χ4v) is 1.95. The lowest BCUT2D eigenvalue weighted by molar-refractivity contribution is -0.137. The number of nitrogens with one attached hydrogen (secondary N) is 2. The predicted octanol–water partition coefficient (Wildman–Crippen LogP) is 1.19. The minimum Gasteiger partial charge on any atom is -0.481 e. The third-order valence-corrected chi connectivity index (χ3v) is 2.66. The van der Waals surface area contributed by atoms with Gasteiger partial charge >= 0.3 is 12.0 Å². The molecule has 1 aromatic heterocycles. The van der Waals surface area contributed by atoms with Crippen LogP contribution in [0.4, 0.5) is 4.79 Å². The molecule has 0 spiro atoms. The number of carboxylic acids is 1. The number of rotatable bonds is 7. The molecule has 0 saturated carbocycles. The van der Waals surface area contributed by atoms with Crippen LogP contribution in [0.3, 0.4) is 0 Å². The summed E-state index contributed by atoms with van der Waals surface area (Å²) in [4.78, 5) is 26.5. The van der Waals surface area contributed by atoms with Crippen molar-refractivity contribution < 1.29 is 19.2 Å². The average molecular weight is 298 g/mol. The van der Waals surface area contributed by atoms with E-state index in [2.05, 4.69) is 25.3 Å². The van der Waals surface area contributed by atoms with Gasteiger partial charge in [0, 0.05) is 19.0 Å². The van der Waals surface area contributed by atoms with Crippen molar-refractivity contribution in [3.63, 3.8) is 0 Å². The maximum absolute atomic E-state index is 11.8. The second kappa shape index (κ2) is 7.61. The SMILES string of the molecule is CC(C)(C)CC(CC(=O)O)NC(=O)NCCc1ncon1. The Balaban J connectivity index is 2.38. The lowest BCUT2D eigenvalue weighted by Crippen LogP contribution is -2.45. The molecule has 8 heteroatoms. The number of carbonyl (C=O) groups excluding carboxylic acids is 1. The van der Waals surface area contributed by atoms with E-state index >= 15 is 0 Å². The van der Waals surface area contributed by atoms with Crippen molar-refractivity contribution >= 4 is 12.0 Å². The Labute approximate surface area is 123 Å². The summed E-state index contributed by atoms with van der Waals surface area (Å²) in [5.74, 6) is -0.427. The van der Waals surface area contributed by atoms with Gasteiger partial charge in [0.05, 0.1) is 6.42 Å².